The van der Waals surface area contributed by atoms with Gasteiger partial charge in [0.15, 0.2) is 16.5 Å². The largest absolute Gasteiger partial charge is 0.493 e. The van der Waals surface area contributed by atoms with Gasteiger partial charge in [-0.05, 0) is 13.0 Å². The minimum absolute atomic E-state index is 0.0513. The highest BCUT2D eigenvalue weighted by Crippen LogP contribution is 2.31. The number of nitrogens with one attached hydrogen (secondary N) is 1. The van der Waals surface area contributed by atoms with E-state index in [0.717, 1.165) is 11.7 Å². The van der Waals surface area contributed by atoms with Crippen LogP contribution in [0.2, 0.25) is 0 Å². The van der Waals surface area contributed by atoms with E-state index in [1.807, 2.05) is 6.92 Å². The molecule has 2 aromatic rings. The second-order valence-corrected chi connectivity index (χ2v) is 4.97. The first-order valence-electron chi connectivity index (χ1n) is 6.15. The summed E-state index contributed by atoms with van der Waals surface area (Å²) in [5.41, 5.74) is -0.0513. The number of hydrogen-bond donors (Lipinski definition) is 1. The van der Waals surface area contributed by atoms with Crippen LogP contribution in [0.5, 0.6) is 11.5 Å². The van der Waals surface area contributed by atoms with Crippen molar-refractivity contribution in [3.05, 3.63) is 33.3 Å². The summed E-state index contributed by atoms with van der Waals surface area (Å²) in [5, 5.41) is 23.1. The molecule has 0 spiro atoms. The van der Waals surface area contributed by atoms with Gasteiger partial charge in [0.05, 0.1) is 18.1 Å². The second kappa shape index (κ2) is 6.84. The van der Waals surface area contributed by atoms with Crippen molar-refractivity contribution >= 4 is 22.2 Å². The lowest BCUT2D eigenvalue weighted by molar-refractivity contribution is -0.385. The van der Waals surface area contributed by atoms with Crippen molar-refractivity contribution in [2.24, 2.45) is 0 Å². The van der Waals surface area contributed by atoms with Gasteiger partial charge in [0.2, 0.25) is 5.13 Å². The van der Waals surface area contributed by atoms with Gasteiger partial charge in [-0.15, -0.1) is 10.2 Å². The van der Waals surface area contributed by atoms with Crippen LogP contribution in [-0.4, -0.2) is 28.8 Å². The lowest BCUT2D eigenvalue weighted by atomic mass is 10.3. The molecule has 0 aliphatic heterocycles. The molecule has 0 atom stereocenters. The molecular weight excluding hydrogens is 296 g/mol. The fourth-order valence-electron chi connectivity index (χ4n) is 1.56. The number of anilines is 1. The average molecular weight is 310 g/mol. The second-order valence-electron chi connectivity index (χ2n) is 3.91. The molecule has 0 aliphatic rings. The Kier molecular flexibility index (Phi) is 4.88. The molecule has 9 heteroatoms. The van der Waals surface area contributed by atoms with Crippen LogP contribution in [0, 0.1) is 10.1 Å². The highest BCUT2D eigenvalue weighted by molar-refractivity contribution is 7.15. The standard InChI is InChI=1S/C12H14N4O4S/c1-3-13-12-15-14-11(21-12)7-20-9-5-4-8(16(17)18)6-10(9)19-2/h4-6H,3,7H2,1-2H3,(H,13,15). The first kappa shape index (κ1) is 15.0. The van der Waals surface area contributed by atoms with Crippen LogP contribution in [0.1, 0.15) is 11.9 Å². The number of hydrogen-bond acceptors (Lipinski definition) is 8. The van der Waals surface area contributed by atoms with Crippen molar-refractivity contribution in [3.63, 3.8) is 0 Å². The van der Waals surface area contributed by atoms with Crippen LogP contribution < -0.4 is 14.8 Å². The zero-order valence-corrected chi connectivity index (χ0v) is 12.3. The fraction of sp³-hybridized carbons (Fsp3) is 0.333. The quantitative estimate of drug-likeness (QED) is 0.619. The molecule has 0 saturated carbocycles. The molecule has 0 amide bonds. The van der Waals surface area contributed by atoms with Gasteiger partial charge < -0.3 is 14.8 Å². The number of nitro groups is 1. The van der Waals surface area contributed by atoms with Crippen LogP contribution in [0.25, 0.3) is 0 Å². The van der Waals surface area contributed by atoms with Gasteiger partial charge in [-0.25, -0.2) is 0 Å². The molecule has 0 radical (unpaired) electrons. The van der Waals surface area contributed by atoms with Crippen molar-refractivity contribution in [1.29, 1.82) is 0 Å². The van der Waals surface area contributed by atoms with Gasteiger partial charge in [-0.2, -0.15) is 0 Å². The van der Waals surface area contributed by atoms with Crippen molar-refractivity contribution < 1.29 is 14.4 Å². The molecule has 0 saturated heterocycles. The average Bonchev–Trinajstić information content (AvgIpc) is 2.93. The first-order chi connectivity index (χ1) is 10.1. The maximum Gasteiger partial charge on any atom is 0.273 e. The molecule has 112 valence electrons. The molecule has 0 aliphatic carbocycles. The molecule has 1 aromatic heterocycles. The molecule has 1 N–H and O–H groups in total. The Balaban J connectivity index is 2.06. The van der Waals surface area contributed by atoms with Crippen molar-refractivity contribution in [2.45, 2.75) is 13.5 Å². The van der Waals surface area contributed by atoms with Crippen LogP contribution in [0.4, 0.5) is 10.8 Å². The summed E-state index contributed by atoms with van der Waals surface area (Å²) in [6, 6.07) is 4.19. The first-order valence-corrected chi connectivity index (χ1v) is 6.97. The van der Waals surface area contributed by atoms with Crippen molar-refractivity contribution in [3.8, 4) is 11.5 Å². The van der Waals surface area contributed by atoms with Gasteiger partial charge in [0, 0.05) is 12.6 Å². The predicted molar refractivity (Wildman–Crippen MR) is 78.1 cm³/mol. The molecule has 1 aromatic carbocycles. The Morgan fingerprint density at radius 1 is 1.38 bits per heavy atom. The summed E-state index contributed by atoms with van der Waals surface area (Å²) in [6.07, 6.45) is 0. The molecule has 8 nitrogen and oxygen atoms in total. The summed E-state index contributed by atoms with van der Waals surface area (Å²) in [7, 11) is 1.43. The van der Waals surface area contributed by atoms with E-state index in [2.05, 4.69) is 15.5 Å². The summed E-state index contributed by atoms with van der Waals surface area (Å²) in [5.74, 6) is 0.726. The maximum atomic E-state index is 10.7. The topological polar surface area (TPSA) is 99.4 Å². The van der Waals surface area contributed by atoms with E-state index in [1.54, 1.807) is 0 Å². The number of ether oxygens (including phenoxy) is 2. The van der Waals surface area contributed by atoms with Gasteiger partial charge in [-0.1, -0.05) is 11.3 Å². The van der Waals surface area contributed by atoms with Gasteiger partial charge in [0.25, 0.3) is 5.69 Å². The number of nitrogens with zero attached hydrogens (tertiary/aromatic N) is 3. The summed E-state index contributed by atoms with van der Waals surface area (Å²) >= 11 is 1.39. The van der Waals surface area contributed by atoms with E-state index in [9.17, 15) is 10.1 Å². The molecule has 0 bridgehead atoms. The maximum absolute atomic E-state index is 10.7. The van der Waals surface area contributed by atoms with E-state index in [-0.39, 0.29) is 12.3 Å². The molecular formula is C12H14N4O4S. The Morgan fingerprint density at radius 2 is 2.19 bits per heavy atom. The van der Waals surface area contributed by atoms with Crippen LogP contribution >= 0.6 is 11.3 Å². The number of non-ortho nitro benzene ring substituents is 1. The van der Waals surface area contributed by atoms with E-state index < -0.39 is 4.92 Å². The third kappa shape index (κ3) is 3.78. The summed E-state index contributed by atoms with van der Waals surface area (Å²) in [6.45, 7) is 2.96. The van der Waals surface area contributed by atoms with Crippen molar-refractivity contribution in [2.75, 3.05) is 19.0 Å². The van der Waals surface area contributed by atoms with Gasteiger partial charge in [-0.3, -0.25) is 10.1 Å². The molecule has 2 rings (SSSR count). The van der Waals surface area contributed by atoms with E-state index >= 15 is 0 Å². The smallest absolute Gasteiger partial charge is 0.273 e. The van der Waals surface area contributed by atoms with Crippen molar-refractivity contribution in [1.82, 2.24) is 10.2 Å². The highest BCUT2D eigenvalue weighted by Gasteiger charge is 2.13. The summed E-state index contributed by atoms with van der Waals surface area (Å²) in [4.78, 5) is 10.2. The van der Waals surface area contributed by atoms with E-state index in [0.29, 0.717) is 16.5 Å². The van der Waals surface area contributed by atoms with Crippen LogP contribution in [0.15, 0.2) is 18.2 Å². The minimum Gasteiger partial charge on any atom is -0.493 e. The number of nitro benzene ring substituents is 1. The zero-order valence-electron chi connectivity index (χ0n) is 11.5. The number of rotatable bonds is 7. The molecule has 1 heterocycles. The highest BCUT2D eigenvalue weighted by atomic mass is 32.1. The Hall–Kier alpha value is -2.42. The fourth-order valence-corrected chi connectivity index (χ4v) is 2.28. The Labute approximate surface area is 124 Å². The minimum atomic E-state index is -0.486. The molecule has 0 fully saturated rings. The SMILES string of the molecule is CCNc1nnc(COc2ccc([N+](=O)[O-])cc2OC)s1. The predicted octanol–water partition coefficient (Wildman–Crippen LogP) is 2.47. The normalized spacial score (nSPS) is 10.2. The number of aromatic nitrogens is 2. The van der Waals surface area contributed by atoms with Gasteiger partial charge in [0.1, 0.15) is 6.61 Å². The molecule has 0 unspecified atom stereocenters. The monoisotopic (exact) mass is 310 g/mol. The lowest BCUT2D eigenvalue weighted by Crippen LogP contribution is -1.98. The molecule has 21 heavy (non-hydrogen) atoms. The third-order valence-corrected chi connectivity index (χ3v) is 3.36. The van der Waals surface area contributed by atoms with E-state index in [1.165, 1.54) is 36.6 Å². The Bertz CT molecular complexity index is 631. The Morgan fingerprint density at radius 3 is 2.86 bits per heavy atom. The lowest BCUT2D eigenvalue weighted by Gasteiger charge is -2.08. The zero-order chi connectivity index (χ0) is 15.2. The number of benzene rings is 1. The van der Waals surface area contributed by atoms with Crippen LogP contribution in [0.3, 0.4) is 0 Å². The van der Waals surface area contributed by atoms with E-state index in [4.69, 9.17) is 9.47 Å². The summed E-state index contributed by atoms with van der Waals surface area (Å²) < 4.78 is 10.7. The number of methoxy groups -OCH3 is 1. The third-order valence-electron chi connectivity index (χ3n) is 2.50. The van der Waals surface area contributed by atoms with Gasteiger partial charge >= 0.3 is 0 Å². The van der Waals surface area contributed by atoms with Crippen LogP contribution in [-0.2, 0) is 6.61 Å².